The predicted octanol–water partition coefficient (Wildman–Crippen LogP) is 2.89. The van der Waals surface area contributed by atoms with E-state index in [1.54, 1.807) is 40.0 Å². The lowest BCUT2D eigenvalue weighted by Gasteiger charge is -2.30. The van der Waals surface area contributed by atoms with Gasteiger partial charge in [0.15, 0.2) is 0 Å². The normalized spacial score (nSPS) is 12.6. The van der Waals surface area contributed by atoms with Crippen molar-refractivity contribution in [1.82, 2.24) is 4.90 Å². The van der Waals surface area contributed by atoms with Gasteiger partial charge in [-0.3, -0.25) is 0 Å². The maximum atomic E-state index is 12.1. The number of hydrogen-bond donors (Lipinski definition) is 1. The molecule has 1 rings (SSSR count). The molecule has 0 saturated heterocycles. The lowest BCUT2D eigenvalue weighted by atomic mass is 10.0. The number of phenols is 1. The van der Waals surface area contributed by atoms with Gasteiger partial charge in [-0.25, -0.2) is 4.79 Å². The number of aromatic hydroxyl groups is 1. The number of benzene rings is 1. The third-order valence-electron chi connectivity index (χ3n) is 2.75. The molecule has 0 aliphatic carbocycles. The number of amides is 1. The van der Waals surface area contributed by atoms with Crippen LogP contribution in [0, 0.1) is 0 Å². The summed E-state index contributed by atoms with van der Waals surface area (Å²) in [5.74, 6) is 0.138. The summed E-state index contributed by atoms with van der Waals surface area (Å²) >= 11 is 0. The Morgan fingerprint density at radius 2 is 1.90 bits per heavy atom. The quantitative estimate of drug-likeness (QED) is 0.861. The summed E-state index contributed by atoms with van der Waals surface area (Å²) in [7, 11) is 1.59. The van der Waals surface area contributed by atoms with Crippen LogP contribution in [0.2, 0.25) is 0 Å². The molecular weight excluding hydrogens is 258 g/mol. The first-order valence-corrected chi connectivity index (χ1v) is 6.43. The summed E-state index contributed by atoms with van der Waals surface area (Å²) in [6.07, 6.45) is 0.441. The third kappa shape index (κ3) is 4.57. The van der Waals surface area contributed by atoms with E-state index in [2.05, 4.69) is 0 Å². The van der Waals surface area contributed by atoms with Gasteiger partial charge in [-0.1, -0.05) is 12.1 Å². The van der Waals surface area contributed by atoms with Crippen LogP contribution in [0.25, 0.3) is 0 Å². The Labute approximate surface area is 119 Å². The van der Waals surface area contributed by atoms with E-state index < -0.39 is 17.7 Å². The summed E-state index contributed by atoms with van der Waals surface area (Å²) in [5.41, 5.74) is 0.176. The Morgan fingerprint density at radius 3 is 2.35 bits per heavy atom. The van der Waals surface area contributed by atoms with Gasteiger partial charge in [0.25, 0.3) is 0 Å². The van der Waals surface area contributed by atoms with E-state index in [9.17, 15) is 14.7 Å². The van der Waals surface area contributed by atoms with Crippen molar-refractivity contribution in [3.63, 3.8) is 0 Å². The van der Waals surface area contributed by atoms with Gasteiger partial charge in [0.1, 0.15) is 17.6 Å². The highest BCUT2D eigenvalue weighted by molar-refractivity contribution is 5.69. The van der Waals surface area contributed by atoms with Crippen LogP contribution in [0.4, 0.5) is 4.79 Å². The van der Waals surface area contributed by atoms with Gasteiger partial charge >= 0.3 is 6.09 Å². The molecular formula is C15H21NO4. The van der Waals surface area contributed by atoms with E-state index in [0.29, 0.717) is 0 Å². The topological polar surface area (TPSA) is 66.8 Å². The molecule has 0 aliphatic heterocycles. The predicted molar refractivity (Wildman–Crippen MR) is 75.5 cm³/mol. The molecule has 0 heterocycles. The third-order valence-corrected chi connectivity index (χ3v) is 2.75. The van der Waals surface area contributed by atoms with Crippen LogP contribution < -0.4 is 0 Å². The molecule has 1 aromatic carbocycles. The van der Waals surface area contributed by atoms with Crippen LogP contribution >= 0.6 is 0 Å². The largest absolute Gasteiger partial charge is 0.508 e. The van der Waals surface area contributed by atoms with Gasteiger partial charge in [-0.05, 0) is 38.5 Å². The highest BCUT2D eigenvalue weighted by atomic mass is 16.6. The van der Waals surface area contributed by atoms with Gasteiger partial charge in [0.2, 0.25) is 0 Å². The average Bonchev–Trinajstić information content (AvgIpc) is 2.34. The first-order valence-electron chi connectivity index (χ1n) is 6.43. The molecule has 0 aliphatic rings. The number of carbonyl (C=O) groups is 2. The maximum absolute atomic E-state index is 12.1. The van der Waals surface area contributed by atoms with Crippen LogP contribution in [0.3, 0.4) is 0 Å². The second kappa shape index (κ2) is 6.41. The lowest BCUT2D eigenvalue weighted by molar-refractivity contribution is -0.108. The van der Waals surface area contributed by atoms with E-state index in [4.69, 9.17) is 4.74 Å². The maximum Gasteiger partial charge on any atom is 0.410 e. The van der Waals surface area contributed by atoms with Crippen LogP contribution in [0.15, 0.2) is 24.3 Å². The van der Waals surface area contributed by atoms with Gasteiger partial charge in [-0.15, -0.1) is 0 Å². The van der Waals surface area contributed by atoms with Gasteiger partial charge in [0.05, 0.1) is 6.04 Å². The van der Waals surface area contributed by atoms with Crippen molar-refractivity contribution < 1.29 is 19.4 Å². The smallest absolute Gasteiger partial charge is 0.410 e. The number of hydrogen-bond acceptors (Lipinski definition) is 4. The number of carbonyl (C=O) groups excluding carboxylic acids is 2. The minimum absolute atomic E-state index is 0.138. The fourth-order valence-corrected chi connectivity index (χ4v) is 1.77. The Morgan fingerprint density at radius 1 is 1.35 bits per heavy atom. The fraction of sp³-hybridized carbons (Fsp3) is 0.467. The zero-order valence-electron chi connectivity index (χ0n) is 12.3. The molecule has 0 saturated carbocycles. The van der Waals surface area contributed by atoms with Crippen molar-refractivity contribution in [1.29, 1.82) is 0 Å². The van der Waals surface area contributed by atoms with Crippen molar-refractivity contribution in [2.75, 3.05) is 7.05 Å². The lowest BCUT2D eigenvalue weighted by Crippen LogP contribution is -2.36. The van der Waals surface area contributed by atoms with Gasteiger partial charge in [-0.2, -0.15) is 0 Å². The van der Waals surface area contributed by atoms with E-state index in [1.807, 2.05) is 0 Å². The van der Waals surface area contributed by atoms with Gasteiger partial charge in [0, 0.05) is 13.5 Å². The van der Waals surface area contributed by atoms with Crippen LogP contribution in [0.5, 0.6) is 5.75 Å². The summed E-state index contributed by atoms with van der Waals surface area (Å²) in [6, 6.07) is 6.00. The van der Waals surface area contributed by atoms with E-state index >= 15 is 0 Å². The van der Waals surface area contributed by atoms with Crippen molar-refractivity contribution in [2.24, 2.45) is 0 Å². The fourth-order valence-electron chi connectivity index (χ4n) is 1.77. The van der Waals surface area contributed by atoms with Crippen molar-refractivity contribution >= 4 is 12.4 Å². The van der Waals surface area contributed by atoms with Crippen LogP contribution in [-0.4, -0.2) is 35.0 Å². The Hall–Kier alpha value is -2.04. The standard InChI is InChI=1S/C15H21NO4/c1-15(2,3)20-14(19)16(4)13(9-10-17)11-5-7-12(18)8-6-11/h5-8,10,13,18H,9H2,1-4H3. The number of phenolic OH excluding ortho intramolecular Hbond substituents is 1. The van der Waals surface area contributed by atoms with Crippen LogP contribution in [0.1, 0.15) is 38.8 Å². The Balaban J connectivity index is 2.92. The molecule has 0 radical (unpaired) electrons. The van der Waals surface area contributed by atoms with Crippen molar-refractivity contribution in [3.8, 4) is 5.75 Å². The SMILES string of the molecule is CN(C(=O)OC(C)(C)C)C(CC=O)c1ccc(O)cc1. The first-order chi connectivity index (χ1) is 9.24. The second-order valence-electron chi connectivity index (χ2n) is 5.60. The molecule has 0 bridgehead atoms. The zero-order chi connectivity index (χ0) is 15.3. The molecule has 110 valence electrons. The number of aldehydes is 1. The van der Waals surface area contributed by atoms with E-state index in [0.717, 1.165) is 11.8 Å². The zero-order valence-corrected chi connectivity index (χ0v) is 12.3. The monoisotopic (exact) mass is 279 g/mol. The van der Waals surface area contributed by atoms with Crippen molar-refractivity contribution in [2.45, 2.75) is 38.8 Å². The Kier molecular flexibility index (Phi) is 5.13. The molecule has 1 amide bonds. The summed E-state index contributed by atoms with van der Waals surface area (Å²) < 4.78 is 5.29. The van der Waals surface area contributed by atoms with Crippen LogP contribution in [-0.2, 0) is 9.53 Å². The number of rotatable bonds is 4. The molecule has 0 fully saturated rings. The molecule has 1 atom stereocenters. The number of ether oxygens (including phenoxy) is 1. The molecule has 1 N–H and O–H groups in total. The van der Waals surface area contributed by atoms with Gasteiger partial charge < -0.3 is 19.5 Å². The van der Waals surface area contributed by atoms with Crippen molar-refractivity contribution in [3.05, 3.63) is 29.8 Å². The summed E-state index contributed by atoms with van der Waals surface area (Å²) in [4.78, 5) is 24.3. The number of nitrogens with zero attached hydrogens (tertiary/aromatic N) is 1. The molecule has 1 unspecified atom stereocenters. The molecule has 0 spiro atoms. The van der Waals surface area contributed by atoms with E-state index in [-0.39, 0.29) is 12.2 Å². The molecule has 5 heteroatoms. The molecule has 20 heavy (non-hydrogen) atoms. The molecule has 1 aromatic rings. The minimum Gasteiger partial charge on any atom is -0.508 e. The van der Waals surface area contributed by atoms with E-state index in [1.165, 1.54) is 17.0 Å². The Bertz CT molecular complexity index is 462. The summed E-state index contributed by atoms with van der Waals surface area (Å²) in [6.45, 7) is 5.36. The highest BCUT2D eigenvalue weighted by Crippen LogP contribution is 2.25. The second-order valence-corrected chi connectivity index (χ2v) is 5.60. The summed E-state index contributed by atoms with van der Waals surface area (Å²) in [5, 5.41) is 9.29. The molecule has 5 nitrogen and oxygen atoms in total. The molecule has 0 aromatic heterocycles. The first kappa shape index (κ1) is 16.0. The highest BCUT2D eigenvalue weighted by Gasteiger charge is 2.26. The minimum atomic E-state index is -0.591. The average molecular weight is 279 g/mol.